The minimum atomic E-state index is -1.05. The topological polar surface area (TPSA) is 78.8 Å². The predicted molar refractivity (Wildman–Crippen MR) is 90.6 cm³/mol. The Labute approximate surface area is 140 Å². The van der Waals surface area contributed by atoms with E-state index in [2.05, 4.69) is 10.3 Å². The largest absolute Gasteiger partial charge is 0.478 e. The SMILES string of the molecule is O=C1NC(=Nc2cccc(C(=O)O)c2)S/C1=C\c1cccc(F)c1. The molecule has 0 unspecified atom stereocenters. The summed E-state index contributed by atoms with van der Waals surface area (Å²) >= 11 is 1.11. The molecule has 2 aromatic carbocycles. The van der Waals surface area contributed by atoms with Crippen molar-refractivity contribution in [2.75, 3.05) is 0 Å². The number of rotatable bonds is 3. The van der Waals surface area contributed by atoms with E-state index in [0.717, 1.165) is 11.8 Å². The van der Waals surface area contributed by atoms with Gasteiger partial charge in [0.25, 0.3) is 5.91 Å². The lowest BCUT2D eigenvalue weighted by Crippen LogP contribution is -2.19. The summed E-state index contributed by atoms with van der Waals surface area (Å²) in [7, 11) is 0. The van der Waals surface area contributed by atoms with Gasteiger partial charge in [-0.25, -0.2) is 14.2 Å². The summed E-state index contributed by atoms with van der Waals surface area (Å²) in [6.07, 6.45) is 1.57. The molecule has 5 nitrogen and oxygen atoms in total. The van der Waals surface area contributed by atoms with Gasteiger partial charge in [0.1, 0.15) is 5.82 Å². The van der Waals surface area contributed by atoms with Crippen molar-refractivity contribution in [3.63, 3.8) is 0 Å². The van der Waals surface area contributed by atoms with E-state index >= 15 is 0 Å². The Morgan fingerprint density at radius 3 is 2.75 bits per heavy atom. The monoisotopic (exact) mass is 342 g/mol. The van der Waals surface area contributed by atoms with E-state index in [1.807, 2.05) is 0 Å². The third kappa shape index (κ3) is 3.69. The molecule has 3 rings (SSSR count). The molecule has 1 fully saturated rings. The van der Waals surface area contributed by atoms with Crippen LogP contribution < -0.4 is 5.32 Å². The van der Waals surface area contributed by atoms with E-state index < -0.39 is 5.97 Å². The van der Waals surface area contributed by atoms with Crippen molar-refractivity contribution in [1.82, 2.24) is 5.32 Å². The number of nitrogens with one attached hydrogen (secondary N) is 1. The number of benzene rings is 2. The number of amidine groups is 1. The fraction of sp³-hybridized carbons (Fsp3) is 0. The van der Waals surface area contributed by atoms with Crippen LogP contribution in [0.5, 0.6) is 0 Å². The maximum atomic E-state index is 13.2. The fourth-order valence-electron chi connectivity index (χ4n) is 2.05. The summed E-state index contributed by atoms with van der Waals surface area (Å²) in [6.45, 7) is 0. The molecule has 2 aromatic rings. The van der Waals surface area contributed by atoms with Crippen LogP contribution in [0.4, 0.5) is 10.1 Å². The third-order valence-electron chi connectivity index (χ3n) is 3.12. The van der Waals surface area contributed by atoms with Crippen LogP contribution in [-0.2, 0) is 4.79 Å². The van der Waals surface area contributed by atoms with E-state index in [-0.39, 0.29) is 17.3 Å². The van der Waals surface area contributed by atoms with E-state index in [4.69, 9.17) is 5.11 Å². The number of carbonyl (C=O) groups is 2. The number of amides is 1. The minimum absolute atomic E-state index is 0.113. The third-order valence-corrected chi connectivity index (χ3v) is 4.03. The smallest absolute Gasteiger partial charge is 0.335 e. The number of carboxylic acids is 1. The molecule has 120 valence electrons. The minimum Gasteiger partial charge on any atom is -0.478 e. The van der Waals surface area contributed by atoms with Crippen LogP contribution in [0, 0.1) is 5.82 Å². The van der Waals surface area contributed by atoms with E-state index in [1.165, 1.54) is 24.3 Å². The normalized spacial score (nSPS) is 17.3. The highest BCUT2D eigenvalue weighted by Gasteiger charge is 2.23. The second-order valence-electron chi connectivity index (χ2n) is 4.89. The molecule has 0 aliphatic carbocycles. The Morgan fingerprint density at radius 2 is 2.00 bits per heavy atom. The van der Waals surface area contributed by atoms with Crippen molar-refractivity contribution >= 4 is 40.6 Å². The molecule has 0 spiro atoms. The molecule has 7 heteroatoms. The lowest BCUT2D eigenvalue weighted by Gasteiger charge is -1.98. The van der Waals surface area contributed by atoms with Crippen LogP contribution in [0.15, 0.2) is 58.4 Å². The fourth-order valence-corrected chi connectivity index (χ4v) is 2.90. The van der Waals surface area contributed by atoms with E-state index in [1.54, 1.807) is 30.3 Å². The molecule has 0 aromatic heterocycles. The molecule has 1 saturated heterocycles. The van der Waals surface area contributed by atoms with Crippen molar-refractivity contribution in [3.05, 3.63) is 70.4 Å². The number of carboxylic acid groups (broad SMARTS) is 1. The lowest BCUT2D eigenvalue weighted by atomic mass is 10.2. The molecule has 2 N–H and O–H groups in total. The zero-order valence-electron chi connectivity index (χ0n) is 12.2. The number of aromatic carboxylic acids is 1. The first-order valence-corrected chi connectivity index (χ1v) is 7.71. The number of aliphatic imine (C=N–C) groups is 1. The highest BCUT2D eigenvalue weighted by atomic mass is 32.2. The lowest BCUT2D eigenvalue weighted by molar-refractivity contribution is -0.115. The van der Waals surface area contributed by atoms with Crippen LogP contribution in [0.25, 0.3) is 6.08 Å². The molecule has 0 atom stereocenters. The molecule has 1 amide bonds. The van der Waals surface area contributed by atoms with Gasteiger partial charge in [-0.1, -0.05) is 18.2 Å². The summed E-state index contributed by atoms with van der Waals surface area (Å²) in [6, 6.07) is 12.0. The zero-order chi connectivity index (χ0) is 17.1. The van der Waals surface area contributed by atoms with Gasteiger partial charge in [-0.15, -0.1) is 0 Å². The van der Waals surface area contributed by atoms with Crippen molar-refractivity contribution in [1.29, 1.82) is 0 Å². The summed E-state index contributed by atoms with van der Waals surface area (Å²) in [4.78, 5) is 27.5. The first kappa shape index (κ1) is 15.9. The van der Waals surface area contributed by atoms with Gasteiger partial charge in [0.05, 0.1) is 16.2 Å². The maximum Gasteiger partial charge on any atom is 0.335 e. The van der Waals surface area contributed by atoms with Gasteiger partial charge < -0.3 is 10.4 Å². The number of halogens is 1. The van der Waals surface area contributed by atoms with Gasteiger partial charge in [-0.05, 0) is 53.7 Å². The van der Waals surface area contributed by atoms with Gasteiger partial charge in [-0.2, -0.15) is 0 Å². The number of thioether (sulfide) groups is 1. The van der Waals surface area contributed by atoms with Gasteiger partial charge >= 0.3 is 5.97 Å². The molecular weight excluding hydrogens is 331 g/mol. The number of hydrogen-bond donors (Lipinski definition) is 2. The van der Waals surface area contributed by atoms with Crippen LogP contribution in [-0.4, -0.2) is 22.2 Å². The first-order chi connectivity index (χ1) is 11.5. The van der Waals surface area contributed by atoms with Gasteiger partial charge in [-0.3, -0.25) is 4.79 Å². The number of carbonyl (C=O) groups excluding carboxylic acids is 1. The number of hydrogen-bond acceptors (Lipinski definition) is 4. The van der Waals surface area contributed by atoms with E-state index in [0.29, 0.717) is 21.3 Å². The predicted octanol–water partition coefficient (Wildman–Crippen LogP) is 3.42. The van der Waals surface area contributed by atoms with Crippen LogP contribution in [0.3, 0.4) is 0 Å². The average Bonchev–Trinajstić information content (AvgIpc) is 2.87. The molecule has 1 aliphatic rings. The Morgan fingerprint density at radius 1 is 1.21 bits per heavy atom. The van der Waals surface area contributed by atoms with E-state index in [9.17, 15) is 14.0 Å². The highest BCUT2D eigenvalue weighted by Crippen LogP contribution is 2.28. The van der Waals surface area contributed by atoms with Crippen LogP contribution in [0.1, 0.15) is 15.9 Å². The molecule has 0 radical (unpaired) electrons. The Hall–Kier alpha value is -2.93. The number of nitrogens with zero attached hydrogens (tertiary/aromatic N) is 1. The second kappa shape index (κ2) is 6.67. The quantitative estimate of drug-likeness (QED) is 0.838. The van der Waals surface area contributed by atoms with Crippen molar-refractivity contribution < 1.29 is 19.1 Å². The van der Waals surface area contributed by atoms with Crippen molar-refractivity contribution in [2.45, 2.75) is 0 Å². The average molecular weight is 342 g/mol. The molecule has 1 heterocycles. The van der Waals surface area contributed by atoms with Crippen molar-refractivity contribution in [2.24, 2.45) is 4.99 Å². The van der Waals surface area contributed by atoms with Crippen LogP contribution in [0.2, 0.25) is 0 Å². The van der Waals surface area contributed by atoms with Gasteiger partial charge in [0, 0.05) is 0 Å². The summed E-state index contributed by atoms with van der Waals surface area (Å²) in [5.74, 6) is -1.77. The summed E-state index contributed by atoms with van der Waals surface area (Å²) in [5, 5.41) is 11.9. The Kier molecular flexibility index (Phi) is 4.43. The molecule has 1 aliphatic heterocycles. The molecule has 24 heavy (non-hydrogen) atoms. The Balaban J connectivity index is 1.84. The molecule has 0 saturated carbocycles. The molecule has 0 bridgehead atoms. The Bertz CT molecular complexity index is 893. The first-order valence-electron chi connectivity index (χ1n) is 6.90. The second-order valence-corrected chi connectivity index (χ2v) is 5.92. The summed E-state index contributed by atoms with van der Waals surface area (Å²) < 4.78 is 13.2. The standard InChI is InChI=1S/C17H11FN2O3S/c18-12-5-1-3-10(7-12)8-14-15(21)20-17(24-14)19-13-6-2-4-11(9-13)16(22)23/h1-9H,(H,22,23)(H,19,20,21)/b14-8-. The van der Waals surface area contributed by atoms with Crippen molar-refractivity contribution in [3.8, 4) is 0 Å². The highest BCUT2D eigenvalue weighted by molar-refractivity contribution is 8.18. The van der Waals surface area contributed by atoms with Gasteiger partial charge in [0.15, 0.2) is 5.17 Å². The summed E-state index contributed by atoms with van der Waals surface area (Å²) in [5.41, 5.74) is 1.10. The zero-order valence-corrected chi connectivity index (χ0v) is 13.0. The van der Waals surface area contributed by atoms with Crippen LogP contribution >= 0.6 is 11.8 Å². The maximum absolute atomic E-state index is 13.2. The van der Waals surface area contributed by atoms with Gasteiger partial charge in [0.2, 0.25) is 0 Å². The molecular formula is C17H11FN2O3S.